The molecule has 0 heterocycles. The van der Waals surface area contributed by atoms with E-state index in [9.17, 15) is 5.11 Å². The average Bonchev–Trinajstić information content (AvgIpc) is 2.71. The standard InChI is InChI=1S/C29H36NOP/c1-19-13-12-16-22(25(30-8)20-14-10-9-11-15-20)27(19)32-24-18-21(28(2,3)4)17-23(26(24)31)29(5,6)7/h9-18,31-32H,1-8H3/b30-25+. The molecule has 3 aromatic rings. The molecule has 0 aromatic heterocycles. The number of aryl methyl sites for hydroxylation is 1. The van der Waals surface area contributed by atoms with Gasteiger partial charge in [-0.15, -0.1) is 0 Å². The molecule has 0 fully saturated rings. The topological polar surface area (TPSA) is 32.6 Å². The Labute approximate surface area is 195 Å². The molecule has 2 nitrogen and oxygen atoms in total. The Morgan fingerprint density at radius 3 is 2.06 bits per heavy atom. The van der Waals surface area contributed by atoms with E-state index >= 15 is 0 Å². The van der Waals surface area contributed by atoms with Crippen molar-refractivity contribution in [1.82, 2.24) is 0 Å². The second kappa shape index (κ2) is 9.20. The van der Waals surface area contributed by atoms with E-state index in [1.54, 1.807) is 0 Å². The molecule has 0 amide bonds. The molecule has 32 heavy (non-hydrogen) atoms. The lowest BCUT2D eigenvalue weighted by molar-refractivity contribution is 0.449. The van der Waals surface area contributed by atoms with E-state index < -0.39 is 0 Å². The Bertz CT molecular complexity index is 1130. The summed E-state index contributed by atoms with van der Waals surface area (Å²) in [5.74, 6) is 0.424. The van der Waals surface area contributed by atoms with Crippen molar-refractivity contribution >= 4 is 24.9 Å². The molecule has 0 radical (unpaired) electrons. The van der Waals surface area contributed by atoms with Gasteiger partial charge in [-0.2, -0.15) is 0 Å². The van der Waals surface area contributed by atoms with Gasteiger partial charge in [0.1, 0.15) is 5.75 Å². The first kappa shape index (κ1) is 24.2. The van der Waals surface area contributed by atoms with Crippen LogP contribution >= 0.6 is 8.58 Å². The van der Waals surface area contributed by atoms with E-state index in [0.717, 1.165) is 27.7 Å². The first-order valence-electron chi connectivity index (χ1n) is 11.2. The average molecular weight is 446 g/mol. The lowest BCUT2D eigenvalue weighted by atomic mass is 9.80. The van der Waals surface area contributed by atoms with Crippen LogP contribution in [0.1, 0.15) is 69.4 Å². The SMILES string of the molecule is C/N=C(\c1ccccc1)c1cccc(C)c1Pc1cc(C(C)(C)C)cc(C(C)(C)C)c1O. The second-order valence-corrected chi connectivity index (χ2v) is 11.8. The van der Waals surface area contributed by atoms with Crippen LogP contribution in [0.2, 0.25) is 0 Å². The van der Waals surface area contributed by atoms with Gasteiger partial charge in [0.05, 0.1) is 5.71 Å². The van der Waals surface area contributed by atoms with Crippen LogP contribution in [0.3, 0.4) is 0 Å². The molecule has 0 saturated carbocycles. The lowest BCUT2D eigenvalue weighted by Crippen LogP contribution is -2.23. The van der Waals surface area contributed by atoms with Crippen LogP contribution in [0.4, 0.5) is 0 Å². The van der Waals surface area contributed by atoms with Gasteiger partial charge >= 0.3 is 0 Å². The fourth-order valence-electron chi connectivity index (χ4n) is 3.90. The summed E-state index contributed by atoms with van der Waals surface area (Å²) in [6, 6.07) is 21.1. The maximum absolute atomic E-state index is 11.3. The Morgan fingerprint density at radius 2 is 1.50 bits per heavy atom. The van der Waals surface area contributed by atoms with Crippen LogP contribution in [0, 0.1) is 6.92 Å². The zero-order chi connectivity index (χ0) is 23.7. The molecule has 0 aliphatic rings. The molecular weight excluding hydrogens is 409 g/mol. The minimum Gasteiger partial charge on any atom is -0.507 e. The number of aliphatic imine (C=N–C) groups is 1. The van der Waals surface area contributed by atoms with E-state index in [2.05, 4.69) is 95.9 Å². The Balaban J connectivity index is 2.20. The second-order valence-electron chi connectivity index (χ2n) is 10.5. The van der Waals surface area contributed by atoms with Gasteiger partial charge in [-0.1, -0.05) is 105 Å². The van der Waals surface area contributed by atoms with E-state index in [1.807, 2.05) is 25.2 Å². The number of rotatable bonds is 4. The molecule has 3 aromatic carbocycles. The molecule has 0 bridgehead atoms. The predicted molar refractivity (Wildman–Crippen MR) is 142 cm³/mol. The van der Waals surface area contributed by atoms with Gasteiger partial charge < -0.3 is 5.11 Å². The van der Waals surface area contributed by atoms with Gasteiger partial charge in [0.15, 0.2) is 0 Å². The van der Waals surface area contributed by atoms with Crippen LogP contribution in [0.15, 0.2) is 65.7 Å². The van der Waals surface area contributed by atoms with E-state index in [1.165, 1.54) is 16.4 Å². The fourth-order valence-corrected chi connectivity index (χ4v) is 5.27. The van der Waals surface area contributed by atoms with Crippen molar-refractivity contribution in [3.8, 4) is 5.75 Å². The highest BCUT2D eigenvalue weighted by Gasteiger charge is 2.26. The smallest absolute Gasteiger partial charge is 0.127 e. The first-order valence-corrected chi connectivity index (χ1v) is 12.2. The summed E-state index contributed by atoms with van der Waals surface area (Å²) in [5.41, 5.74) is 6.57. The monoisotopic (exact) mass is 445 g/mol. The first-order chi connectivity index (χ1) is 14.9. The highest BCUT2D eigenvalue weighted by molar-refractivity contribution is 7.56. The molecule has 0 spiro atoms. The van der Waals surface area contributed by atoms with E-state index in [4.69, 9.17) is 0 Å². The number of nitrogens with zero attached hydrogens (tertiary/aromatic N) is 1. The minimum absolute atomic E-state index is 0.00156. The van der Waals surface area contributed by atoms with Gasteiger partial charge in [-0.3, -0.25) is 4.99 Å². The number of hydrogen-bond donors (Lipinski definition) is 1. The van der Waals surface area contributed by atoms with Crippen LogP contribution in [-0.4, -0.2) is 17.9 Å². The van der Waals surface area contributed by atoms with Gasteiger partial charge in [0.25, 0.3) is 0 Å². The Hall–Kier alpha value is -2.44. The van der Waals surface area contributed by atoms with Gasteiger partial charge in [-0.25, -0.2) is 0 Å². The number of hydrogen-bond acceptors (Lipinski definition) is 2. The van der Waals surface area contributed by atoms with Gasteiger partial charge in [-0.05, 0) is 40.3 Å². The molecular formula is C29H36NOP. The summed E-state index contributed by atoms with van der Waals surface area (Å²) >= 11 is 0. The van der Waals surface area contributed by atoms with Crippen LogP contribution < -0.4 is 10.6 Å². The third-order valence-corrected chi connectivity index (χ3v) is 7.41. The number of phenolic OH excluding ortho intramolecular Hbond substituents is 1. The normalized spacial score (nSPS) is 13.2. The predicted octanol–water partition coefficient (Wildman–Crippen LogP) is 6.39. The third kappa shape index (κ3) is 5.13. The summed E-state index contributed by atoms with van der Waals surface area (Å²) in [6.07, 6.45) is 0. The lowest BCUT2D eigenvalue weighted by Gasteiger charge is -2.28. The van der Waals surface area contributed by atoms with Crippen molar-refractivity contribution in [3.05, 3.63) is 88.5 Å². The molecule has 3 rings (SSSR count). The number of phenols is 1. The molecule has 0 aliphatic heterocycles. The minimum atomic E-state index is -0.140. The third-order valence-electron chi connectivity index (χ3n) is 5.84. The molecule has 1 N–H and O–H groups in total. The number of aromatic hydroxyl groups is 1. The molecule has 168 valence electrons. The largest absolute Gasteiger partial charge is 0.507 e. The highest BCUT2D eigenvalue weighted by atomic mass is 31.1. The van der Waals surface area contributed by atoms with Gasteiger partial charge in [0.2, 0.25) is 0 Å². The Morgan fingerprint density at radius 1 is 0.844 bits per heavy atom. The van der Waals surface area contributed by atoms with E-state index in [0.29, 0.717) is 14.3 Å². The summed E-state index contributed by atoms with van der Waals surface area (Å²) in [7, 11) is 2.19. The van der Waals surface area contributed by atoms with Crippen LogP contribution in [-0.2, 0) is 10.8 Å². The molecule has 1 unspecified atom stereocenters. The van der Waals surface area contributed by atoms with Crippen molar-refractivity contribution < 1.29 is 5.11 Å². The summed E-state index contributed by atoms with van der Waals surface area (Å²) in [5, 5.41) is 13.6. The summed E-state index contributed by atoms with van der Waals surface area (Å²) in [4.78, 5) is 4.67. The van der Waals surface area contributed by atoms with Crippen molar-refractivity contribution in [3.63, 3.8) is 0 Å². The zero-order valence-electron chi connectivity index (χ0n) is 20.7. The van der Waals surface area contributed by atoms with E-state index in [-0.39, 0.29) is 10.8 Å². The fraction of sp³-hybridized carbons (Fsp3) is 0.345. The van der Waals surface area contributed by atoms with Crippen molar-refractivity contribution in [2.45, 2.75) is 59.3 Å². The molecule has 0 aliphatic carbocycles. The van der Waals surface area contributed by atoms with Crippen molar-refractivity contribution in [1.29, 1.82) is 0 Å². The molecule has 0 saturated heterocycles. The maximum Gasteiger partial charge on any atom is 0.127 e. The van der Waals surface area contributed by atoms with Crippen LogP contribution in [0.5, 0.6) is 5.75 Å². The quantitative estimate of drug-likeness (QED) is 0.366. The number of benzene rings is 3. The van der Waals surface area contributed by atoms with Crippen LogP contribution in [0.25, 0.3) is 0 Å². The Kier molecular flexibility index (Phi) is 6.96. The molecule has 3 heteroatoms. The van der Waals surface area contributed by atoms with Crippen molar-refractivity contribution in [2.24, 2.45) is 4.99 Å². The van der Waals surface area contributed by atoms with Gasteiger partial charge in [0, 0.05) is 29.0 Å². The summed E-state index contributed by atoms with van der Waals surface area (Å²) in [6.45, 7) is 15.3. The maximum atomic E-state index is 11.3. The summed E-state index contributed by atoms with van der Waals surface area (Å²) < 4.78 is 0. The highest BCUT2D eigenvalue weighted by Crippen LogP contribution is 2.37. The zero-order valence-corrected chi connectivity index (χ0v) is 21.7. The van der Waals surface area contributed by atoms with Crippen molar-refractivity contribution in [2.75, 3.05) is 7.05 Å². The molecule has 1 atom stereocenters.